The van der Waals surface area contributed by atoms with Crippen LogP contribution in [0.5, 0.6) is 5.75 Å². The molecule has 0 amide bonds. The first kappa shape index (κ1) is 19.0. The van der Waals surface area contributed by atoms with E-state index in [2.05, 4.69) is 28.4 Å². The number of nitrogens with one attached hydrogen (secondary N) is 1. The molecule has 0 radical (unpaired) electrons. The van der Waals surface area contributed by atoms with Gasteiger partial charge in [0.15, 0.2) is 0 Å². The second-order valence-electron chi connectivity index (χ2n) is 6.78. The third-order valence-electron chi connectivity index (χ3n) is 4.59. The summed E-state index contributed by atoms with van der Waals surface area (Å²) in [5.74, 6) is 1.36. The predicted octanol–water partition coefficient (Wildman–Crippen LogP) is 4.91. The van der Waals surface area contributed by atoms with Crippen molar-refractivity contribution in [3.63, 3.8) is 0 Å². The van der Waals surface area contributed by atoms with Gasteiger partial charge in [-0.25, -0.2) is 4.39 Å². The van der Waals surface area contributed by atoms with Crippen LogP contribution in [-0.2, 0) is 0 Å². The number of halogens is 1. The third-order valence-corrected chi connectivity index (χ3v) is 4.59. The molecule has 0 fully saturated rings. The predicted molar refractivity (Wildman–Crippen MR) is 102 cm³/mol. The maximum Gasteiger partial charge on any atom is 0.243 e. The Morgan fingerprint density at radius 3 is 2.56 bits per heavy atom. The molecule has 1 heterocycles. The molecule has 0 aliphatic heterocycles. The topological polar surface area (TPSA) is 60.2 Å². The van der Waals surface area contributed by atoms with E-state index in [1.165, 1.54) is 6.07 Å². The minimum atomic E-state index is -0.287. The van der Waals surface area contributed by atoms with Gasteiger partial charge in [-0.3, -0.25) is 5.32 Å². The number of benzene rings is 2. The first-order valence-electron chi connectivity index (χ1n) is 8.89. The van der Waals surface area contributed by atoms with Crippen molar-refractivity contribution in [3.05, 3.63) is 64.8 Å². The van der Waals surface area contributed by atoms with Gasteiger partial charge in [0.05, 0.1) is 13.2 Å². The summed E-state index contributed by atoms with van der Waals surface area (Å²) < 4.78 is 24.6. The average molecular weight is 369 g/mol. The molecular weight excluding hydrogens is 345 g/mol. The summed E-state index contributed by atoms with van der Waals surface area (Å²) in [5.41, 5.74) is 3.39. The maximum absolute atomic E-state index is 13.8. The van der Waals surface area contributed by atoms with E-state index in [4.69, 9.17) is 9.26 Å². The molecule has 0 aliphatic rings. The summed E-state index contributed by atoms with van der Waals surface area (Å²) in [6.07, 6.45) is 0. The molecule has 0 spiro atoms. The highest BCUT2D eigenvalue weighted by Crippen LogP contribution is 2.28. The molecule has 5 nitrogen and oxygen atoms in total. The lowest BCUT2D eigenvalue weighted by Gasteiger charge is -2.20. The minimum Gasteiger partial charge on any atom is -0.496 e. The van der Waals surface area contributed by atoms with Gasteiger partial charge in [-0.15, -0.1) is 0 Å². The lowest BCUT2D eigenvalue weighted by Crippen LogP contribution is -2.23. The molecule has 1 N–H and O–H groups in total. The molecular formula is C21H24FN3O2. The summed E-state index contributed by atoms with van der Waals surface area (Å²) in [4.78, 5) is 4.42. The fourth-order valence-electron chi connectivity index (χ4n) is 2.99. The lowest BCUT2D eigenvalue weighted by molar-refractivity contribution is 0.325. The second-order valence-corrected chi connectivity index (χ2v) is 6.78. The molecule has 0 aliphatic carbocycles. The highest BCUT2D eigenvalue weighted by molar-refractivity contribution is 5.55. The Bertz CT molecular complexity index is 939. The fourth-order valence-corrected chi connectivity index (χ4v) is 2.99. The van der Waals surface area contributed by atoms with Crippen LogP contribution in [0.1, 0.15) is 48.5 Å². The average Bonchev–Trinajstić information content (AvgIpc) is 3.14. The van der Waals surface area contributed by atoms with Gasteiger partial charge in [0.25, 0.3) is 0 Å². The van der Waals surface area contributed by atoms with Crippen molar-refractivity contribution in [2.75, 3.05) is 7.11 Å². The Labute approximate surface area is 158 Å². The quantitative estimate of drug-likeness (QED) is 0.669. The summed E-state index contributed by atoms with van der Waals surface area (Å²) in [6, 6.07) is 10.8. The van der Waals surface area contributed by atoms with Crippen molar-refractivity contribution < 1.29 is 13.7 Å². The highest BCUT2D eigenvalue weighted by Gasteiger charge is 2.20. The normalized spacial score (nSPS) is 13.4. The molecule has 27 heavy (non-hydrogen) atoms. The molecule has 3 rings (SSSR count). The Morgan fingerprint density at radius 1 is 1.07 bits per heavy atom. The first-order chi connectivity index (χ1) is 12.9. The van der Waals surface area contributed by atoms with E-state index < -0.39 is 0 Å². The Balaban J connectivity index is 1.77. The van der Waals surface area contributed by atoms with Crippen LogP contribution < -0.4 is 10.1 Å². The van der Waals surface area contributed by atoms with Crippen LogP contribution in [0.4, 0.5) is 4.39 Å². The van der Waals surface area contributed by atoms with E-state index in [1.807, 2.05) is 26.0 Å². The van der Waals surface area contributed by atoms with Gasteiger partial charge in [-0.05, 0) is 45.4 Å². The van der Waals surface area contributed by atoms with E-state index in [1.54, 1.807) is 26.2 Å². The molecule has 6 heteroatoms. The van der Waals surface area contributed by atoms with E-state index in [-0.39, 0.29) is 17.9 Å². The van der Waals surface area contributed by atoms with Gasteiger partial charge in [0.2, 0.25) is 11.7 Å². The molecule has 2 aromatic carbocycles. The van der Waals surface area contributed by atoms with E-state index in [9.17, 15) is 4.39 Å². The molecule has 142 valence electrons. The smallest absolute Gasteiger partial charge is 0.243 e. The Morgan fingerprint density at radius 2 is 1.85 bits per heavy atom. The highest BCUT2D eigenvalue weighted by atomic mass is 19.1. The van der Waals surface area contributed by atoms with Gasteiger partial charge in [-0.1, -0.05) is 35.0 Å². The van der Waals surface area contributed by atoms with Crippen molar-refractivity contribution in [3.8, 4) is 17.1 Å². The first-order valence-corrected chi connectivity index (χ1v) is 8.89. The number of hydrogen-bond acceptors (Lipinski definition) is 5. The Hall–Kier alpha value is -2.73. The van der Waals surface area contributed by atoms with E-state index in [0.29, 0.717) is 22.8 Å². The van der Waals surface area contributed by atoms with Crippen LogP contribution in [0, 0.1) is 19.7 Å². The molecule has 0 saturated carbocycles. The van der Waals surface area contributed by atoms with Crippen LogP contribution in [0.25, 0.3) is 11.4 Å². The van der Waals surface area contributed by atoms with Crippen LogP contribution in [-0.4, -0.2) is 17.3 Å². The van der Waals surface area contributed by atoms with Crippen molar-refractivity contribution >= 4 is 0 Å². The number of methoxy groups -OCH3 is 1. The zero-order valence-electron chi connectivity index (χ0n) is 16.2. The van der Waals surface area contributed by atoms with Gasteiger partial charge in [0, 0.05) is 17.2 Å². The van der Waals surface area contributed by atoms with Crippen LogP contribution in [0.2, 0.25) is 0 Å². The number of nitrogens with zero attached hydrogens (tertiary/aromatic N) is 2. The monoisotopic (exact) mass is 369 g/mol. The van der Waals surface area contributed by atoms with Crippen LogP contribution in [0.15, 0.2) is 40.9 Å². The molecule has 3 aromatic rings. The largest absolute Gasteiger partial charge is 0.496 e. The van der Waals surface area contributed by atoms with Crippen molar-refractivity contribution in [1.29, 1.82) is 0 Å². The molecule has 2 atom stereocenters. The van der Waals surface area contributed by atoms with E-state index in [0.717, 1.165) is 16.9 Å². The van der Waals surface area contributed by atoms with Crippen molar-refractivity contribution in [2.24, 2.45) is 0 Å². The second kappa shape index (κ2) is 7.88. The van der Waals surface area contributed by atoms with Gasteiger partial charge in [0.1, 0.15) is 11.6 Å². The summed E-state index contributed by atoms with van der Waals surface area (Å²) in [7, 11) is 1.66. The third kappa shape index (κ3) is 4.17. The standard InChI is InChI=1S/C21H24FN3O2/c1-12-6-9-19(26-5)17(10-12)14(3)23-15(4)21-24-20(25-27-21)16-8-7-13(2)18(22)11-16/h6-11,14-15,23H,1-5H3. The zero-order valence-corrected chi connectivity index (χ0v) is 16.2. The van der Waals surface area contributed by atoms with Gasteiger partial charge >= 0.3 is 0 Å². The SMILES string of the molecule is COc1ccc(C)cc1C(C)NC(C)c1nc(-c2ccc(C)c(F)c2)no1. The maximum atomic E-state index is 13.8. The van der Waals surface area contributed by atoms with Crippen molar-refractivity contribution in [2.45, 2.75) is 39.8 Å². The van der Waals surface area contributed by atoms with Crippen LogP contribution >= 0.6 is 0 Å². The lowest BCUT2D eigenvalue weighted by atomic mass is 10.0. The molecule has 2 unspecified atom stereocenters. The zero-order chi connectivity index (χ0) is 19.6. The number of aryl methyl sites for hydroxylation is 2. The molecule has 0 bridgehead atoms. The van der Waals surface area contributed by atoms with Crippen molar-refractivity contribution in [1.82, 2.24) is 15.5 Å². The Kier molecular flexibility index (Phi) is 5.56. The number of ether oxygens (including phenoxy) is 1. The summed E-state index contributed by atoms with van der Waals surface area (Å²) in [6.45, 7) is 7.77. The van der Waals surface area contributed by atoms with E-state index >= 15 is 0 Å². The minimum absolute atomic E-state index is 0.0158. The summed E-state index contributed by atoms with van der Waals surface area (Å²) >= 11 is 0. The number of rotatable bonds is 6. The number of hydrogen-bond donors (Lipinski definition) is 1. The number of aromatic nitrogens is 2. The van der Waals surface area contributed by atoms with Gasteiger partial charge < -0.3 is 9.26 Å². The van der Waals surface area contributed by atoms with Crippen LogP contribution in [0.3, 0.4) is 0 Å². The molecule has 0 saturated heterocycles. The summed E-state index contributed by atoms with van der Waals surface area (Å²) in [5, 5.41) is 7.44. The molecule has 1 aromatic heterocycles. The van der Waals surface area contributed by atoms with Gasteiger partial charge in [-0.2, -0.15) is 4.98 Å². The fraction of sp³-hybridized carbons (Fsp3) is 0.333.